The molecule has 0 aromatic rings. The third-order valence-corrected chi connectivity index (χ3v) is 4.17. The van der Waals surface area contributed by atoms with Gasteiger partial charge in [-0.3, -0.25) is 4.79 Å². The molecule has 2 heterocycles. The average molecular weight is 298 g/mol. The quantitative estimate of drug-likeness (QED) is 0.799. The van der Waals surface area contributed by atoms with Gasteiger partial charge in [-0.25, -0.2) is 4.79 Å². The molecule has 21 heavy (non-hydrogen) atoms. The monoisotopic (exact) mass is 298 g/mol. The van der Waals surface area contributed by atoms with Crippen LogP contribution in [0.2, 0.25) is 0 Å². The summed E-state index contributed by atoms with van der Waals surface area (Å²) < 4.78 is 5.98. The first-order valence-electron chi connectivity index (χ1n) is 7.48. The lowest BCUT2D eigenvalue weighted by atomic mass is 9.99. The van der Waals surface area contributed by atoms with Gasteiger partial charge < -0.3 is 19.6 Å². The van der Waals surface area contributed by atoms with Gasteiger partial charge in [0.15, 0.2) is 0 Å². The minimum atomic E-state index is -0.819. The van der Waals surface area contributed by atoms with Crippen LogP contribution in [0, 0.1) is 11.8 Å². The van der Waals surface area contributed by atoms with Crippen molar-refractivity contribution in [2.75, 3.05) is 26.2 Å². The Balaban J connectivity index is 2.08. The largest absolute Gasteiger partial charge is 0.481 e. The number of morpholine rings is 1. The van der Waals surface area contributed by atoms with Gasteiger partial charge in [0.25, 0.3) is 0 Å². The molecule has 0 spiro atoms. The third kappa shape index (κ3) is 3.48. The second-order valence-electron chi connectivity index (χ2n) is 7.59. The second kappa shape index (κ2) is 5.16. The molecule has 0 aromatic heterocycles. The maximum absolute atomic E-state index is 12.7. The van der Waals surface area contributed by atoms with Gasteiger partial charge in [0.05, 0.1) is 30.2 Å². The lowest BCUT2D eigenvalue weighted by Crippen LogP contribution is -2.60. The van der Waals surface area contributed by atoms with Gasteiger partial charge in [-0.1, -0.05) is 6.92 Å². The SMILES string of the molecule is CC1CN(C(=O)N2CC(C)(C)OC(C)(C)C2)CC1C(=O)O. The van der Waals surface area contributed by atoms with Crippen LogP contribution in [0.25, 0.3) is 0 Å². The van der Waals surface area contributed by atoms with Crippen LogP contribution in [0.15, 0.2) is 0 Å². The summed E-state index contributed by atoms with van der Waals surface area (Å²) in [5.74, 6) is -1.29. The van der Waals surface area contributed by atoms with Crippen molar-refractivity contribution in [1.29, 1.82) is 0 Å². The molecule has 2 amide bonds. The Hall–Kier alpha value is -1.30. The molecule has 0 aliphatic carbocycles. The summed E-state index contributed by atoms with van der Waals surface area (Å²) in [4.78, 5) is 27.3. The highest BCUT2D eigenvalue weighted by atomic mass is 16.5. The number of likely N-dealkylation sites (tertiary alicyclic amines) is 1. The van der Waals surface area contributed by atoms with Crippen LogP contribution in [-0.2, 0) is 9.53 Å². The van der Waals surface area contributed by atoms with Gasteiger partial charge in [-0.05, 0) is 33.6 Å². The van der Waals surface area contributed by atoms with E-state index in [4.69, 9.17) is 4.74 Å². The molecule has 2 aliphatic rings. The lowest BCUT2D eigenvalue weighted by Gasteiger charge is -2.47. The molecule has 2 unspecified atom stereocenters. The number of carbonyl (C=O) groups is 2. The van der Waals surface area contributed by atoms with Gasteiger partial charge in [0.2, 0.25) is 0 Å². The summed E-state index contributed by atoms with van der Waals surface area (Å²) in [7, 11) is 0. The van der Waals surface area contributed by atoms with Crippen molar-refractivity contribution in [3.63, 3.8) is 0 Å². The maximum Gasteiger partial charge on any atom is 0.320 e. The van der Waals surface area contributed by atoms with Crippen LogP contribution in [-0.4, -0.2) is 64.3 Å². The third-order valence-electron chi connectivity index (χ3n) is 4.17. The van der Waals surface area contributed by atoms with Crippen LogP contribution < -0.4 is 0 Å². The first-order valence-corrected chi connectivity index (χ1v) is 7.48. The van der Waals surface area contributed by atoms with E-state index in [1.54, 1.807) is 9.80 Å². The fourth-order valence-corrected chi connectivity index (χ4v) is 3.57. The Morgan fingerprint density at radius 1 is 1.05 bits per heavy atom. The minimum absolute atomic E-state index is 0.00601. The summed E-state index contributed by atoms with van der Waals surface area (Å²) in [5, 5.41) is 9.19. The number of aliphatic carboxylic acids is 1. The normalized spacial score (nSPS) is 31.3. The predicted molar refractivity (Wildman–Crippen MR) is 78.1 cm³/mol. The van der Waals surface area contributed by atoms with E-state index in [-0.39, 0.29) is 11.9 Å². The Kier molecular flexibility index (Phi) is 3.95. The maximum atomic E-state index is 12.7. The van der Waals surface area contributed by atoms with Crippen LogP contribution in [0.4, 0.5) is 4.79 Å². The van der Waals surface area contributed by atoms with Gasteiger partial charge in [0.1, 0.15) is 0 Å². The number of carboxylic acid groups (broad SMARTS) is 1. The fraction of sp³-hybridized carbons (Fsp3) is 0.867. The molecule has 0 bridgehead atoms. The van der Waals surface area contributed by atoms with Crippen molar-refractivity contribution in [2.45, 2.75) is 45.8 Å². The van der Waals surface area contributed by atoms with Gasteiger partial charge >= 0.3 is 12.0 Å². The van der Waals surface area contributed by atoms with E-state index in [1.165, 1.54) is 0 Å². The van der Waals surface area contributed by atoms with Gasteiger partial charge in [0, 0.05) is 13.1 Å². The number of hydrogen-bond acceptors (Lipinski definition) is 3. The fourth-order valence-electron chi connectivity index (χ4n) is 3.57. The average Bonchev–Trinajstić information content (AvgIpc) is 2.66. The molecule has 6 nitrogen and oxygen atoms in total. The number of urea groups is 1. The number of amides is 2. The van der Waals surface area contributed by atoms with Crippen molar-refractivity contribution in [2.24, 2.45) is 11.8 Å². The topological polar surface area (TPSA) is 70.1 Å². The van der Waals surface area contributed by atoms with Crippen molar-refractivity contribution in [1.82, 2.24) is 9.80 Å². The van der Waals surface area contributed by atoms with E-state index in [0.717, 1.165) is 0 Å². The Labute approximate surface area is 126 Å². The first-order chi connectivity index (χ1) is 9.51. The summed E-state index contributed by atoms with van der Waals surface area (Å²) in [6.07, 6.45) is 0. The molecule has 1 N–H and O–H groups in total. The van der Waals surface area contributed by atoms with Gasteiger partial charge in [-0.2, -0.15) is 0 Å². The molecule has 2 aliphatic heterocycles. The summed E-state index contributed by atoms with van der Waals surface area (Å²) in [6.45, 7) is 11.6. The Morgan fingerprint density at radius 2 is 1.57 bits per heavy atom. The summed E-state index contributed by atoms with van der Waals surface area (Å²) in [5.41, 5.74) is -0.788. The van der Waals surface area contributed by atoms with Crippen LogP contribution in [0.1, 0.15) is 34.6 Å². The standard InChI is InChI=1S/C15H26N2O4/c1-10-6-16(7-11(10)12(18)19)13(20)17-8-14(2,3)21-15(4,5)9-17/h10-11H,6-9H2,1-5H3,(H,18,19). The summed E-state index contributed by atoms with van der Waals surface area (Å²) in [6, 6.07) is -0.0740. The van der Waals surface area contributed by atoms with E-state index < -0.39 is 23.1 Å². The highest BCUT2D eigenvalue weighted by Gasteiger charge is 2.44. The van der Waals surface area contributed by atoms with Gasteiger partial charge in [-0.15, -0.1) is 0 Å². The zero-order valence-electron chi connectivity index (χ0n) is 13.5. The van der Waals surface area contributed by atoms with E-state index in [1.807, 2.05) is 34.6 Å². The van der Waals surface area contributed by atoms with E-state index in [9.17, 15) is 14.7 Å². The van der Waals surface area contributed by atoms with Crippen molar-refractivity contribution in [3.05, 3.63) is 0 Å². The Bertz CT molecular complexity index is 431. The van der Waals surface area contributed by atoms with Crippen molar-refractivity contribution in [3.8, 4) is 0 Å². The second-order valence-corrected chi connectivity index (χ2v) is 7.59. The number of ether oxygens (including phenoxy) is 1. The molecule has 0 radical (unpaired) electrons. The highest BCUT2D eigenvalue weighted by Crippen LogP contribution is 2.30. The van der Waals surface area contributed by atoms with Crippen molar-refractivity contribution < 1.29 is 19.4 Å². The van der Waals surface area contributed by atoms with Crippen LogP contribution in [0.3, 0.4) is 0 Å². The molecule has 6 heteroatoms. The smallest absolute Gasteiger partial charge is 0.320 e. The Morgan fingerprint density at radius 3 is 2.00 bits per heavy atom. The zero-order valence-corrected chi connectivity index (χ0v) is 13.5. The first kappa shape index (κ1) is 16.1. The van der Waals surface area contributed by atoms with E-state index >= 15 is 0 Å². The molecule has 0 saturated carbocycles. The molecular formula is C15H26N2O4. The molecule has 2 rings (SSSR count). The van der Waals surface area contributed by atoms with Crippen molar-refractivity contribution >= 4 is 12.0 Å². The molecule has 2 fully saturated rings. The molecule has 0 aromatic carbocycles. The van der Waals surface area contributed by atoms with E-state index in [0.29, 0.717) is 26.2 Å². The molecule has 120 valence electrons. The van der Waals surface area contributed by atoms with E-state index in [2.05, 4.69) is 0 Å². The van der Waals surface area contributed by atoms with Crippen LogP contribution >= 0.6 is 0 Å². The minimum Gasteiger partial charge on any atom is -0.481 e. The summed E-state index contributed by atoms with van der Waals surface area (Å²) >= 11 is 0. The predicted octanol–water partition coefficient (Wildman–Crippen LogP) is 1.65. The molecular weight excluding hydrogens is 272 g/mol. The number of hydrogen-bond donors (Lipinski definition) is 1. The zero-order chi connectivity index (χ0) is 16.0. The number of nitrogens with zero attached hydrogens (tertiary/aromatic N) is 2. The number of carboxylic acids is 1. The lowest BCUT2D eigenvalue weighted by molar-refractivity contribution is -0.171. The number of carbonyl (C=O) groups excluding carboxylic acids is 1. The number of rotatable bonds is 1. The molecule has 2 saturated heterocycles. The van der Waals surface area contributed by atoms with Crippen LogP contribution in [0.5, 0.6) is 0 Å². The molecule has 2 atom stereocenters. The highest BCUT2D eigenvalue weighted by molar-refractivity contribution is 5.78.